The molecule has 0 unspecified atom stereocenters. The number of hydrogen-bond donors (Lipinski definition) is 2. The molecule has 0 spiro atoms. The van der Waals surface area contributed by atoms with E-state index in [4.69, 9.17) is 9.47 Å². The van der Waals surface area contributed by atoms with Crippen molar-refractivity contribution in [2.45, 2.75) is 6.92 Å². The summed E-state index contributed by atoms with van der Waals surface area (Å²) in [7, 11) is 0. The number of hydrogen-bond acceptors (Lipinski definition) is 4. The maximum Gasteiger partial charge on any atom is 0.261 e. The lowest BCUT2D eigenvalue weighted by atomic mass is 10.2. The number of ether oxygens (including phenoxy) is 2. The van der Waals surface area contributed by atoms with Crippen molar-refractivity contribution in [3.63, 3.8) is 0 Å². The van der Waals surface area contributed by atoms with Crippen molar-refractivity contribution >= 4 is 22.9 Å². The van der Waals surface area contributed by atoms with Gasteiger partial charge in [0, 0.05) is 0 Å². The van der Waals surface area contributed by atoms with E-state index in [1.807, 2.05) is 25.1 Å². The first-order valence-electron chi connectivity index (χ1n) is 6.87. The third kappa shape index (κ3) is 2.05. The highest BCUT2D eigenvalue weighted by atomic mass is 16.7. The monoisotopic (exact) mass is 295 g/mol. The summed E-state index contributed by atoms with van der Waals surface area (Å²) in [6.07, 6.45) is 0. The number of imidazole rings is 1. The van der Waals surface area contributed by atoms with Crippen LogP contribution in [0.2, 0.25) is 0 Å². The number of benzene rings is 2. The highest BCUT2D eigenvalue weighted by molar-refractivity contribution is 6.06. The standard InChI is InChI=1S/C16H13N3O3/c1-9-5-6-11-12(7-9)18-16(17-11)19-15(20)10-3-2-4-13-14(10)22-8-21-13/h2-7H,8H2,1H3,(H2,17,18,19,20). The molecular weight excluding hydrogens is 282 g/mol. The van der Waals surface area contributed by atoms with E-state index < -0.39 is 0 Å². The number of H-pyrrole nitrogens is 1. The number of para-hydroxylation sites is 1. The summed E-state index contributed by atoms with van der Waals surface area (Å²) in [6.45, 7) is 2.13. The number of fused-ring (bicyclic) bond motifs is 2. The lowest BCUT2D eigenvalue weighted by molar-refractivity contribution is 0.102. The van der Waals surface area contributed by atoms with Crippen LogP contribution < -0.4 is 14.8 Å². The molecule has 4 rings (SSSR count). The fourth-order valence-electron chi connectivity index (χ4n) is 2.47. The molecular formula is C16H13N3O3. The molecule has 0 saturated heterocycles. The second kappa shape index (κ2) is 4.77. The fraction of sp³-hybridized carbons (Fsp3) is 0.125. The van der Waals surface area contributed by atoms with E-state index in [2.05, 4.69) is 15.3 Å². The van der Waals surface area contributed by atoms with E-state index in [1.165, 1.54) is 0 Å². The van der Waals surface area contributed by atoms with Gasteiger partial charge < -0.3 is 14.5 Å². The Balaban J connectivity index is 1.65. The molecule has 22 heavy (non-hydrogen) atoms. The second-order valence-electron chi connectivity index (χ2n) is 5.10. The molecule has 0 aliphatic carbocycles. The van der Waals surface area contributed by atoms with Gasteiger partial charge >= 0.3 is 0 Å². The van der Waals surface area contributed by atoms with Crippen LogP contribution in [0.1, 0.15) is 15.9 Å². The zero-order valence-corrected chi connectivity index (χ0v) is 11.8. The molecule has 6 heteroatoms. The van der Waals surface area contributed by atoms with E-state index in [9.17, 15) is 4.79 Å². The normalized spacial score (nSPS) is 12.6. The Hall–Kier alpha value is -3.02. The van der Waals surface area contributed by atoms with Gasteiger partial charge in [-0.1, -0.05) is 12.1 Å². The molecule has 0 radical (unpaired) electrons. The van der Waals surface area contributed by atoms with Gasteiger partial charge in [-0.3, -0.25) is 10.1 Å². The van der Waals surface area contributed by atoms with Gasteiger partial charge in [-0.05, 0) is 36.8 Å². The zero-order valence-electron chi connectivity index (χ0n) is 11.8. The first kappa shape index (κ1) is 12.7. The molecule has 0 fully saturated rings. The third-order valence-corrected chi connectivity index (χ3v) is 3.51. The number of nitrogens with zero attached hydrogens (tertiary/aromatic N) is 1. The number of aromatic nitrogens is 2. The smallest absolute Gasteiger partial charge is 0.261 e. The highest BCUT2D eigenvalue weighted by Gasteiger charge is 2.22. The molecule has 110 valence electrons. The topological polar surface area (TPSA) is 76.2 Å². The Morgan fingerprint density at radius 3 is 3.09 bits per heavy atom. The maximum atomic E-state index is 12.4. The molecule has 1 aliphatic rings. The van der Waals surface area contributed by atoms with Crippen molar-refractivity contribution in [3.8, 4) is 11.5 Å². The van der Waals surface area contributed by atoms with Crippen molar-refractivity contribution in [2.24, 2.45) is 0 Å². The minimum Gasteiger partial charge on any atom is -0.454 e. The van der Waals surface area contributed by atoms with E-state index in [1.54, 1.807) is 18.2 Å². The number of anilines is 1. The number of aryl methyl sites for hydroxylation is 1. The quantitative estimate of drug-likeness (QED) is 0.762. The van der Waals surface area contributed by atoms with E-state index >= 15 is 0 Å². The number of rotatable bonds is 2. The highest BCUT2D eigenvalue weighted by Crippen LogP contribution is 2.35. The Morgan fingerprint density at radius 2 is 2.18 bits per heavy atom. The molecule has 0 saturated carbocycles. The maximum absolute atomic E-state index is 12.4. The van der Waals surface area contributed by atoms with Gasteiger partial charge in [0.2, 0.25) is 12.7 Å². The van der Waals surface area contributed by atoms with E-state index in [0.717, 1.165) is 16.6 Å². The van der Waals surface area contributed by atoms with Gasteiger partial charge in [0.1, 0.15) is 0 Å². The molecule has 3 aromatic rings. The van der Waals surface area contributed by atoms with Crippen LogP contribution in [0, 0.1) is 6.92 Å². The van der Waals surface area contributed by atoms with Crippen LogP contribution in [0.15, 0.2) is 36.4 Å². The molecule has 2 N–H and O–H groups in total. The summed E-state index contributed by atoms with van der Waals surface area (Å²) in [4.78, 5) is 19.9. The minimum atomic E-state index is -0.293. The van der Waals surface area contributed by atoms with Crippen LogP contribution in [-0.4, -0.2) is 22.7 Å². The molecule has 1 aliphatic heterocycles. The fourth-order valence-corrected chi connectivity index (χ4v) is 2.47. The minimum absolute atomic E-state index is 0.129. The van der Waals surface area contributed by atoms with E-state index in [-0.39, 0.29) is 12.7 Å². The summed E-state index contributed by atoms with van der Waals surface area (Å²) in [5.74, 6) is 1.15. The number of carbonyl (C=O) groups excluding carboxylic acids is 1. The van der Waals surface area contributed by atoms with Crippen molar-refractivity contribution in [2.75, 3.05) is 12.1 Å². The lowest BCUT2D eigenvalue weighted by Gasteiger charge is -2.05. The van der Waals surface area contributed by atoms with Crippen LogP contribution in [-0.2, 0) is 0 Å². The molecule has 0 atom stereocenters. The predicted molar refractivity (Wildman–Crippen MR) is 81.3 cm³/mol. The van der Waals surface area contributed by atoms with Crippen molar-refractivity contribution < 1.29 is 14.3 Å². The molecule has 2 heterocycles. The molecule has 1 amide bonds. The van der Waals surface area contributed by atoms with Crippen LogP contribution in [0.3, 0.4) is 0 Å². The summed E-state index contributed by atoms with van der Waals surface area (Å²) < 4.78 is 10.6. The Morgan fingerprint density at radius 1 is 1.27 bits per heavy atom. The first-order chi connectivity index (χ1) is 10.7. The molecule has 2 aromatic carbocycles. The van der Waals surface area contributed by atoms with Gasteiger partial charge in [-0.2, -0.15) is 0 Å². The predicted octanol–water partition coefficient (Wildman–Crippen LogP) is 2.85. The summed E-state index contributed by atoms with van der Waals surface area (Å²) in [5.41, 5.74) is 3.24. The average Bonchev–Trinajstić information content (AvgIpc) is 3.11. The van der Waals surface area contributed by atoms with Gasteiger partial charge in [0.05, 0.1) is 16.6 Å². The van der Waals surface area contributed by atoms with Crippen LogP contribution in [0.5, 0.6) is 11.5 Å². The lowest BCUT2D eigenvalue weighted by Crippen LogP contribution is -2.13. The van der Waals surface area contributed by atoms with Gasteiger partial charge in [0.15, 0.2) is 11.5 Å². The first-order valence-corrected chi connectivity index (χ1v) is 6.87. The number of nitrogens with one attached hydrogen (secondary N) is 2. The van der Waals surface area contributed by atoms with Crippen molar-refractivity contribution in [1.29, 1.82) is 0 Å². The summed E-state index contributed by atoms with van der Waals surface area (Å²) >= 11 is 0. The van der Waals surface area contributed by atoms with Crippen LogP contribution >= 0.6 is 0 Å². The molecule has 0 bridgehead atoms. The Labute approximate surface area is 126 Å². The largest absolute Gasteiger partial charge is 0.454 e. The van der Waals surface area contributed by atoms with Gasteiger partial charge in [-0.25, -0.2) is 4.98 Å². The SMILES string of the molecule is Cc1ccc2nc(NC(=O)c3cccc4c3OCO4)[nH]c2c1. The number of amides is 1. The van der Waals surface area contributed by atoms with E-state index in [0.29, 0.717) is 23.0 Å². The summed E-state index contributed by atoms with van der Waals surface area (Å²) in [6, 6.07) is 11.1. The van der Waals surface area contributed by atoms with Crippen molar-refractivity contribution in [3.05, 3.63) is 47.5 Å². The number of aromatic amines is 1. The van der Waals surface area contributed by atoms with Gasteiger partial charge in [0.25, 0.3) is 5.91 Å². The molecule has 1 aromatic heterocycles. The van der Waals surface area contributed by atoms with Gasteiger partial charge in [-0.15, -0.1) is 0 Å². The Bertz CT molecular complexity index is 885. The second-order valence-corrected chi connectivity index (χ2v) is 5.10. The Kier molecular flexibility index (Phi) is 2.75. The number of carbonyl (C=O) groups is 1. The third-order valence-electron chi connectivity index (χ3n) is 3.51. The average molecular weight is 295 g/mol. The van der Waals surface area contributed by atoms with Crippen molar-refractivity contribution in [1.82, 2.24) is 9.97 Å². The zero-order chi connectivity index (χ0) is 15.1. The molecule has 6 nitrogen and oxygen atoms in total. The van der Waals surface area contributed by atoms with Crippen LogP contribution in [0.4, 0.5) is 5.95 Å². The summed E-state index contributed by atoms with van der Waals surface area (Å²) in [5, 5.41) is 2.76. The van der Waals surface area contributed by atoms with Crippen LogP contribution in [0.25, 0.3) is 11.0 Å².